The summed E-state index contributed by atoms with van der Waals surface area (Å²) in [5.41, 5.74) is 4.36. The summed E-state index contributed by atoms with van der Waals surface area (Å²) in [6, 6.07) is 14.7. The summed E-state index contributed by atoms with van der Waals surface area (Å²) in [5.74, 6) is -1.82. The van der Waals surface area contributed by atoms with E-state index in [1.807, 2.05) is 55.5 Å². The molecule has 2 aromatic rings. The van der Waals surface area contributed by atoms with Crippen LogP contribution in [-0.2, 0) is 19.1 Å². The first-order valence-electron chi connectivity index (χ1n) is 10.5. The summed E-state index contributed by atoms with van der Waals surface area (Å²) in [5, 5.41) is 11.7. The number of alkyl carbamates (subject to hydrolysis) is 1. The maximum Gasteiger partial charge on any atom is 0.407 e. The molecule has 1 amide bonds. The third-order valence-electron chi connectivity index (χ3n) is 5.33. The Kier molecular flexibility index (Phi) is 7.65. The number of aliphatic carboxylic acids is 1. The van der Waals surface area contributed by atoms with Crippen molar-refractivity contribution in [2.75, 3.05) is 13.2 Å². The van der Waals surface area contributed by atoms with E-state index in [1.165, 1.54) is 0 Å². The highest BCUT2D eigenvalue weighted by Crippen LogP contribution is 2.44. The van der Waals surface area contributed by atoms with Crippen molar-refractivity contribution in [1.29, 1.82) is 0 Å². The van der Waals surface area contributed by atoms with Gasteiger partial charge in [-0.1, -0.05) is 61.9 Å². The number of carbonyl (C=O) groups is 3. The number of fused-ring (bicyclic) bond motifs is 3. The molecule has 0 radical (unpaired) electrons. The molecule has 0 fully saturated rings. The summed E-state index contributed by atoms with van der Waals surface area (Å²) < 4.78 is 10.4. The van der Waals surface area contributed by atoms with Gasteiger partial charge in [-0.15, -0.1) is 0 Å². The van der Waals surface area contributed by atoms with Crippen molar-refractivity contribution in [2.45, 2.75) is 44.6 Å². The largest absolute Gasteiger partial charge is 0.480 e. The smallest absolute Gasteiger partial charge is 0.407 e. The number of esters is 1. The molecule has 1 aliphatic rings. The van der Waals surface area contributed by atoms with Gasteiger partial charge >= 0.3 is 18.0 Å². The Balaban J connectivity index is 1.55. The molecule has 0 aromatic heterocycles. The Morgan fingerprint density at radius 1 is 1.00 bits per heavy atom. The molecular formula is C24H27NO6. The van der Waals surface area contributed by atoms with E-state index >= 15 is 0 Å². The van der Waals surface area contributed by atoms with Crippen molar-refractivity contribution < 1.29 is 29.0 Å². The first-order valence-corrected chi connectivity index (χ1v) is 10.5. The molecule has 0 heterocycles. The van der Waals surface area contributed by atoms with Crippen LogP contribution >= 0.6 is 0 Å². The highest BCUT2D eigenvalue weighted by Gasteiger charge is 2.29. The van der Waals surface area contributed by atoms with Crippen LogP contribution in [0.5, 0.6) is 0 Å². The van der Waals surface area contributed by atoms with Gasteiger partial charge in [0.15, 0.2) is 0 Å². The molecule has 7 nitrogen and oxygen atoms in total. The maximum atomic E-state index is 12.3. The Morgan fingerprint density at radius 3 is 2.19 bits per heavy atom. The third-order valence-corrected chi connectivity index (χ3v) is 5.33. The number of hydrogen-bond donors (Lipinski definition) is 2. The molecule has 1 aliphatic carbocycles. The molecule has 0 saturated heterocycles. The van der Waals surface area contributed by atoms with Crippen LogP contribution in [0.1, 0.15) is 49.7 Å². The number of ether oxygens (including phenoxy) is 2. The van der Waals surface area contributed by atoms with Crippen LogP contribution in [0.15, 0.2) is 48.5 Å². The minimum absolute atomic E-state index is 0.0650. The molecule has 0 spiro atoms. The molecule has 1 unspecified atom stereocenters. The predicted molar refractivity (Wildman–Crippen MR) is 115 cm³/mol. The molecule has 0 aliphatic heterocycles. The number of nitrogens with one attached hydrogen (secondary N) is 1. The lowest BCUT2D eigenvalue weighted by molar-refractivity contribution is -0.144. The summed E-state index contributed by atoms with van der Waals surface area (Å²) in [6.07, 6.45) is 0.670. The van der Waals surface area contributed by atoms with Gasteiger partial charge in [0.25, 0.3) is 0 Å². The monoisotopic (exact) mass is 425 g/mol. The molecule has 3 rings (SSSR count). The predicted octanol–water partition coefficient (Wildman–Crippen LogP) is 4.10. The van der Waals surface area contributed by atoms with Crippen LogP contribution < -0.4 is 5.32 Å². The number of carbonyl (C=O) groups excluding carboxylic acids is 2. The maximum absolute atomic E-state index is 12.3. The normalized spacial score (nSPS) is 13.1. The van der Waals surface area contributed by atoms with Crippen molar-refractivity contribution >= 4 is 18.0 Å². The molecule has 7 heteroatoms. The molecule has 2 aromatic carbocycles. The number of hydrogen-bond acceptors (Lipinski definition) is 5. The van der Waals surface area contributed by atoms with E-state index < -0.39 is 24.1 Å². The fraction of sp³-hybridized carbons (Fsp3) is 0.375. The fourth-order valence-electron chi connectivity index (χ4n) is 3.70. The quantitative estimate of drug-likeness (QED) is 0.439. The highest BCUT2D eigenvalue weighted by atomic mass is 16.5. The van der Waals surface area contributed by atoms with Crippen molar-refractivity contribution in [3.05, 3.63) is 59.7 Å². The molecule has 31 heavy (non-hydrogen) atoms. The zero-order valence-electron chi connectivity index (χ0n) is 17.5. The van der Waals surface area contributed by atoms with Crippen LogP contribution in [0, 0.1) is 0 Å². The van der Waals surface area contributed by atoms with Crippen molar-refractivity contribution in [1.82, 2.24) is 5.32 Å². The van der Waals surface area contributed by atoms with Crippen molar-refractivity contribution in [3.8, 4) is 11.1 Å². The van der Waals surface area contributed by atoms with Crippen molar-refractivity contribution in [2.24, 2.45) is 0 Å². The van der Waals surface area contributed by atoms with E-state index in [2.05, 4.69) is 5.32 Å². The zero-order valence-corrected chi connectivity index (χ0v) is 17.5. The number of carboxylic acids is 1. The van der Waals surface area contributed by atoms with Gasteiger partial charge in [0.2, 0.25) is 0 Å². The van der Waals surface area contributed by atoms with E-state index in [4.69, 9.17) is 9.47 Å². The van der Waals surface area contributed by atoms with Crippen LogP contribution in [0.4, 0.5) is 4.79 Å². The Morgan fingerprint density at radius 2 is 1.61 bits per heavy atom. The number of benzene rings is 2. The second kappa shape index (κ2) is 10.6. The minimum Gasteiger partial charge on any atom is -0.480 e. The molecule has 164 valence electrons. The van der Waals surface area contributed by atoms with Crippen molar-refractivity contribution in [3.63, 3.8) is 0 Å². The SMILES string of the molecule is CCCCOC(=O)CCC(NC(=O)OCC1c2ccccc2-c2ccccc21)C(=O)O. The minimum atomic E-state index is -1.23. The van der Waals surface area contributed by atoms with Gasteiger partial charge in [-0.2, -0.15) is 0 Å². The number of amides is 1. The van der Waals surface area contributed by atoms with E-state index in [1.54, 1.807) is 0 Å². The van der Waals surface area contributed by atoms with Gasteiger partial charge in [-0.05, 0) is 35.1 Å². The lowest BCUT2D eigenvalue weighted by Crippen LogP contribution is -2.41. The summed E-state index contributed by atoms with van der Waals surface area (Å²) in [7, 11) is 0. The first kappa shape index (κ1) is 22.3. The lowest BCUT2D eigenvalue weighted by Gasteiger charge is -2.17. The molecular weight excluding hydrogens is 398 g/mol. The Bertz CT molecular complexity index is 896. The standard InChI is InChI=1S/C24H27NO6/c1-2-3-14-30-22(26)13-12-21(23(27)28)25-24(29)31-15-20-18-10-6-4-8-16(18)17-9-5-7-11-19(17)20/h4-11,20-21H,2-3,12-15H2,1H3,(H,25,29)(H,27,28). The van der Waals surface area contributed by atoms with E-state index in [9.17, 15) is 19.5 Å². The average Bonchev–Trinajstić information content (AvgIpc) is 3.09. The van der Waals surface area contributed by atoms with Gasteiger partial charge in [0.05, 0.1) is 6.61 Å². The van der Waals surface area contributed by atoms with E-state index in [-0.39, 0.29) is 25.4 Å². The van der Waals surface area contributed by atoms with Gasteiger partial charge in [0, 0.05) is 12.3 Å². The van der Waals surface area contributed by atoms with Gasteiger partial charge in [-0.25, -0.2) is 9.59 Å². The van der Waals surface area contributed by atoms with Gasteiger partial charge in [0.1, 0.15) is 12.6 Å². The second-order valence-corrected chi connectivity index (χ2v) is 7.47. The summed E-state index contributed by atoms with van der Waals surface area (Å²) in [4.78, 5) is 35.5. The average molecular weight is 425 g/mol. The Hall–Kier alpha value is -3.35. The second-order valence-electron chi connectivity index (χ2n) is 7.47. The number of rotatable bonds is 10. The van der Waals surface area contributed by atoms with Crippen LogP contribution in [0.3, 0.4) is 0 Å². The van der Waals surface area contributed by atoms with Gasteiger partial charge < -0.3 is 19.9 Å². The summed E-state index contributed by atoms with van der Waals surface area (Å²) in [6.45, 7) is 2.38. The van der Waals surface area contributed by atoms with Gasteiger partial charge in [-0.3, -0.25) is 4.79 Å². The zero-order chi connectivity index (χ0) is 22.2. The van der Waals surface area contributed by atoms with Crippen LogP contribution in [0.25, 0.3) is 11.1 Å². The fourth-order valence-corrected chi connectivity index (χ4v) is 3.70. The number of carboxylic acid groups (broad SMARTS) is 1. The van der Waals surface area contributed by atoms with Crippen LogP contribution in [-0.4, -0.2) is 42.4 Å². The molecule has 1 atom stereocenters. The topological polar surface area (TPSA) is 102 Å². The lowest BCUT2D eigenvalue weighted by atomic mass is 9.98. The molecule has 0 bridgehead atoms. The number of unbranched alkanes of at least 4 members (excludes halogenated alkanes) is 1. The first-order chi connectivity index (χ1) is 15.0. The third kappa shape index (κ3) is 5.63. The molecule has 2 N–H and O–H groups in total. The highest BCUT2D eigenvalue weighted by molar-refractivity contribution is 5.81. The van der Waals surface area contributed by atoms with Crippen LogP contribution in [0.2, 0.25) is 0 Å². The summed E-state index contributed by atoms with van der Waals surface area (Å²) >= 11 is 0. The molecule has 0 saturated carbocycles. The van der Waals surface area contributed by atoms with E-state index in [0.717, 1.165) is 35.1 Å². The Labute approximate surface area is 181 Å². The van der Waals surface area contributed by atoms with E-state index in [0.29, 0.717) is 6.61 Å².